The number of methoxy groups -OCH3 is 2. The number of allylic oxidation sites excluding steroid dienone is 2. The fourth-order valence-electron chi connectivity index (χ4n) is 8.93. The number of imide groups is 1. The van der Waals surface area contributed by atoms with Crippen LogP contribution in [0.1, 0.15) is 33.4 Å². The van der Waals surface area contributed by atoms with Gasteiger partial charge < -0.3 is 9.47 Å². The normalized spacial score (nSPS) is 24.1. The molecular weight excluding hydrogens is 610 g/mol. The second kappa shape index (κ2) is 11.2. The van der Waals surface area contributed by atoms with Crippen LogP contribution in [0.3, 0.4) is 0 Å². The van der Waals surface area contributed by atoms with E-state index in [-0.39, 0.29) is 17.6 Å². The number of Topliss-reactive ketones (excluding diaryl/α,β-unsaturated/α-hetero) is 1. The second-order valence-corrected chi connectivity index (χ2v) is 13.1. The average molecular weight is 646 g/mol. The third-order valence-corrected chi connectivity index (χ3v) is 10.8. The summed E-state index contributed by atoms with van der Waals surface area (Å²) in [6, 6.07) is 40.1. The molecule has 1 saturated heterocycles. The number of amides is 2. The molecule has 49 heavy (non-hydrogen) atoms. The molecule has 2 amide bonds. The quantitative estimate of drug-likeness (QED) is 0.171. The fraction of sp³-hybridized carbons (Fsp3) is 0.186. The smallest absolute Gasteiger partial charge is 0.239 e. The fourth-order valence-corrected chi connectivity index (χ4v) is 8.93. The monoisotopic (exact) mass is 645 g/mol. The van der Waals surface area contributed by atoms with E-state index in [0.29, 0.717) is 28.3 Å². The molecule has 5 aromatic rings. The van der Waals surface area contributed by atoms with Gasteiger partial charge in [-0.3, -0.25) is 14.4 Å². The summed E-state index contributed by atoms with van der Waals surface area (Å²) in [6.45, 7) is 3.90. The number of anilines is 1. The Bertz CT molecular complexity index is 2040. The number of fused-ring (bicyclic) bond motifs is 5. The summed E-state index contributed by atoms with van der Waals surface area (Å²) in [6.07, 6.45) is 0. The number of ether oxygens (including phenoxy) is 2. The summed E-state index contributed by atoms with van der Waals surface area (Å²) in [5, 5.41) is 0. The summed E-state index contributed by atoms with van der Waals surface area (Å²) >= 11 is 0. The molecule has 3 aliphatic rings. The van der Waals surface area contributed by atoms with E-state index in [2.05, 4.69) is 0 Å². The van der Waals surface area contributed by atoms with Gasteiger partial charge in [-0.2, -0.15) is 0 Å². The Morgan fingerprint density at radius 2 is 0.980 bits per heavy atom. The Kier molecular flexibility index (Phi) is 6.97. The minimum Gasteiger partial charge on any atom is -0.497 e. The number of carbonyl (C=O) groups is 3. The lowest BCUT2D eigenvalue weighted by molar-refractivity contribution is -0.130. The van der Waals surface area contributed by atoms with Crippen molar-refractivity contribution in [3.8, 4) is 11.5 Å². The van der Waals surface area contributed by atoms with Gasteiger partial charge in [0.25, 0.3) is 0 Å². The molecule has 6 heteroatoms. The van der Waals surface area contributed by atoms with Gasteiger partial charge >= 0.3 is 0 Å². The number of nitrogens with zero attached hydrogens (tertiary/aromatic N) is 1. The van der Waals surface area contributed by atoms with Crippen molar-refractivity contribution in [3.63, 3.8) is 0 Å². The van der Waals surface area contributed by atoms with E-state index in [1.54, 1.807) is 14.2 Å². The van der Waals surface area contributed by atoms with E-state index >= 15 is 14.4 Å². The van der Waals surface area contributed by atoms with Crippen LogP contribution in [-0.4, -0.2) is 31.8 Å². The van der Waals surface area contributed by atoms with E-state index in [4.69, 9.17) is 9.47 Å². The van der Waals surface area contributed by atoms with Crippen molar-refractivity contribution < 1.29 is 23.9 Å². The van der Waals surface area contributed by atoms with E-state index in [1.165, 1.54) is 4.90 Å². The summed E-state index contributed by atoms with van der Waals surface area (Å²) in [7, 11) is 3.23. The number of carbonyl (C=O) groups excluding carboxylic acids is 3. The predicted octanol–water partition coefficient (Wildman–Crippen LogP) is 7.51. The minimum atomic E-state index is -1.48. The second-order valence-electron chi connectivity index (χ2n) is 13.1. The van der Waals surface area contributed by atoms with Crippen LogP contribution < -0.4 is 14.4 Å². The maximum atomic E-state index is 16.1. The van der Waals surface area contributed by atoms with E-state index < -0.39 is 22.7 Å². The number of aryl methyl sites for hydroxylation is 2. The SMILES string of the molecule is COc1ccc(C2=C(c3ccc(OC)cc3)C3(c4ccccc4)C(=O)C2(c2ccccc2)C2C(=O)N(c4ccc(C)cc4C)C(=O)C23)cc1. The lowest BCUT2D eigenvalue weighted by atomic mass is 9.59. The van der Waals surface area contributed by atoms with E-state index in [0.717, 1.165) is 33.4 Å². The van der Waals surface area contributed by atoms with Crippen LogP contribution in [0.25, 0.3) is 11.1 Å². The van der Waals surface area contributed by atoms with Gasteiger partial charge in [-0.25, -0.2) is 4.90 Å². The molecule has 2 fully saturated rings. The molecule has 1 aliphatic heterocycles. The molecule has 6 nitrogen and oxygen atoms in total. The van der Waals surface area contributed by atoms with Crippen LogP contribution in [0.4, 0.5) is 5.69 Å². The van der Waals surface area contributed by atoms with Crippen LogP contribution in [0.2, 0.25) is 0 Å². The first-order chi connectivity index (χ1) is 23.8. The largest absolute Gasteiger partial charge is 0.497 e. The number of hydrogen-bond acceptors (Lipinski definition) is 5. The highest BCUT2D eigenvalue weighted by Gasteiger charge is 2.82. The van der Waals surface area contributed by atoms with Gasteiger partial charge in [0.2, 0.25) is 11.8 Å². The first-order valence-corrected chi connectivity index (χ1v) is 16.4. The highest BCUT2D eigenvalue weighted by molar-refractivity contribution is 6.39. The minimum absolute atomic E-state index is 0.161. The molecule has 0 N–H and O–H groups in total. The highest BCUT2D eigenvalue weighted by atomic mass is 16.5. The molecule has 2 aliphatic carbocycles. The molecule has 1 heterocycles. The van der Waals surface area contributed by atoms with Gasteiger partial charge in [0.15, 0.2) is 5.78 Å². The summed E-state index contributed by atoms with van der Waals surface area (Å²) in [5.74, 6) is -1.53. The van der Waals surface area contributed by atoms with Crippen LogP contribution in [0.15, 0.2) is 127 Å². The van der Waals surface area contributed by atoms with Crippen molar-refractivity contribution in [2.45, 2.75) is 24.7 Å². The Labute approximate surface area is 285 Å². The molecule has 8 rings (SSSR count). The van der Waals surface area contributed by atoms with Gasteiger partial charge in [-0.05, 0) is 83.1 Å². The molecule has 5 aromatic carbocycles. The molecular formula is C43H35NO5. The Morgan fingerprint density at radius 3 is 1.37 bits per heavy atom. The van der Waals surface area contributed by atoms with Gasteiger partial charge in [0.05, 0.1) is 42.6 Å². The zero-order valence-corrected chi connectivity index (χ0v) is 27.8. The van der Waals surface area contributed by atoms with Gasteiger partial charge in [0, 0.05) is 0 Å². The van der Waals surface area contributed by atoms with E-state index in [9.17, 15) is 0 Å². The highest BCUT2D eigenvalue weighted by Crippen LogP contribution is 2.74. The number of ketones is 1. The van der Waals surface area contributed by atoms with Crippen molar-refractivity contribution in [2.24, 2.45) is 11.8 Å². The maximum Gasteiger partial charge on any atom is 0.239 e. The summed E-state index contributed by atoms with van der Waals surface area (Å²) < 4.78 is 11.1. The average Bonchev–Trinajstić information content (AvgIpc) is 3.64. The lowest BCUT2D eigenvalue weighted by Gasteiger charge is -2.39. The lowest BCUT2D eigenvalue weighted by Crippen LogP contribution is -2.45. The molecule has 0 radical (unpaired) electrons. The van der Waals surface area contributed by atoms with Gasteiger partial charge in [-0.1, -0.05) is 103 Å². The third-order valence-electron chi connectivity index (χ3n) is 10.8. The number of benzene rings is 5. The topological polar surface area (TPSA) is 72.9 Å². The van der Waals surface area contributed by atoms with Crippen molar-refractivity contribution in [1.29, 1.82) is 0 Å². The molecule has 0 aromatic heterocycles. The van der Waals surface area contributed by atoms with Crippen LogP contribution in [0.5, 0.6) is 11.5 Å². The predicted molar refractivity (Wildman–Crippen MR) is 189 cm³/mol. The third kappa shape index (κ3) is 3.97. The summed E-state index contributed by atoms with van der Waals surface area (Å²) in [4.78, 5) is 47.9. The molecule has 2 bridgehead atoms. The van der Waals surface area contributed by atoms with Crippen molar-refractivity contribution >= 4 is 34.4 Å². The van der Waals surface area contributed by atoms with E-state index in [1.807, 2.05) is 141 Å². The van der Waals surface area contributed by atoms with Crippen LogP contribution in [-0.2, 0) is 25.2 Å². The molecule has 4 unspecified atom stereocenters. The van der Waals surface area contributed by atoms with Crippen molar-refractivity contribution in [2.75, 3.05) is 19.1 Å². The molecule has 242 valence electrons. The maximum absolute atomic E-state index is 16.1. The Morgan fingerprint density at radius 1 is 0.551 bits per heavy atom. The number of hydrogen-bond donors (Lipinski definition) is 0. The Balaban J connectivity index is 1.54. The van der Waals surface area contributed by atoms with Crippen molar-refractivity contribution in [3.05, 3.63) is 161 Å². The molecule has 4 atom stereocenters. The first kappa shape index (κ1) is 30.6. The summed E-state index contributed by atoms with van der Waals surface area (Å²) in [5.41, 5.74) is 3.83. The molecule has 0 spiro atoms. The van der Waals surface area contributed by atoms with Crippen LogP contribution in [0, 0.1) is 25.7 Å². The zero-order chi connectivity index (χ0) is 34.1. The molecule has 1 saturated carbocycles. The number of rotatable bonds is 7. The van der Waals surface area contributed by atoms with Gasteiger partial charge in [-0.15, -0.1) is 0 Å². The standard InChI is InChI=1S/C43H35NO5/c1-26-15-24-34(27(2)25-26)44-39(45)37-38(40(44)46)43(31-13-9-6-10-14-31)36(29-18-22-33(49-4)23-19-29)35(28-16-20-32(48-3)21-17-28)42(37,41(43)47)30-11-7-5-8-12-30/h5-25,37-38H,1-4H3. The Hall–Kier alpha value is -5.75. The van der Waals surface area contributed by atoms with Crippen molar-refractivity contribution in [1.82, 2.24) is 0 Å². The zero-order valence-electron chi connectivity index (χ0n) is 27.8. The van der Waals surface area contributed by atoms with Gasteiger partial charge in [0.1, 0.15) is 11.5 Å². The van der Waals surface area contributed by atoms with Crippen LogP contribution >= 0.6 is 0 Å². The first-order valence-electron chi connectivity index (χ1n) is 16.4.